The van der Waals surface area contributed by atoms with Crippen LogP contribution in [0.5, 0.6) is 0 Å². The van der Waals surface area contributed by atoms with Crippen molar-refractivity contribution in [3.8, 4) is 0 Å². The standard InChI is InChI=1S/C12H16F3NS/c1-12(2,3)17-16(4)7-8-5-9(13)6-10(14)11(8)15/h5-6H,7H2,1-4H3. The van der Waals surface area contributed by atoms with Gasteiger partial charge < -0.3 is 0 Å². The lowest BCUT2D eigenvalue weighted by Crippen LogP contribution is -2.20. The molecule has 0 spiro atoms. The first-order valence-electron chi connectivity index (χ1n) is 5.23. The van der Waals surface area contributed by atoms with Gasteiger partial charge in [-0.25, -0.2) is 17.5 Å². The predicted molar refractivity (Wildman–Crippen MR) is 65.1 cm³/mol. The van der Waals surface area contributed by atoms with Crippen molar-refractivity contribution in [3.05, 3.63) is 35.1 Å². The Morgan fingerprint density at radius 1 is 1.18 bits per heavy atom. The molecule has 0 aliphatic carbocycles. The fourth-order valence-corrected chi connectivity index (χ4v) is 2.60. The highest BCUT2D eigenvalue weighted by Gasteiger charge is 2.17. The van der Waals surface area contributed by atoms with Crippen LogP contribution in [0.25, 0.3) is 0 Å². The Balaban J connectivity index is 2.81. The van der Waals surface area contributed by atoms with E-state index in [1.54, 1.807) is 11.4 Å². The number of benzene rings is 1. The van der Waals surface area contributed by atoms with Gasteiger partial charge in [0.2, 0.25) is 0 Å². The summed E-state index contributed by atoms with van der Waals surface area (Å²) < 4.78 is 41.1. The highest BCUT2D eigenvalue weighted by Crippen LogP contribution is 2.28. The van der Waals surface area contributed by atoms with E-state index >= 15 is 0 Å². The summed E-state index contributed by atoms with van der Waals surface area (Å²) in [4.78, 5) is 0. The van der Waals surface area contributed by atoms with Crippen LogP contribution in [0, 0.1) is 17.5 Å². The van der Waals surface area contributed by atoms with Crippen LogP contribution in [-0.2, 0) is 6.54 Å². The first-order valence-corrected chi connectivity index (χ1v) is 6.00. The average Bonchev–Trinajstić information content (AvgIpc) is 2.10. The smallest absolute Gasteiger partial charge is 0.163 e. The second-order valence-corrected chi connectivity index (χ2v) is 6.88. The molecular formula is C12H16F3NS. The van der Waals surface area contributed by atoms with E-state index in [9.17, 15) is 13.2 Å². The molecule has 0 aromatic heterocycles. The van der Waals surface area contributed by atoms with Crippen LogP contribution in [0.3, 0.4) is 0 Å². The highest BCUT2D eigenvalue weighted by molar-refractivity contribution is 7.98. The molecule has 0 atom stereocenters. The molecule has 0 saturated heterocycles. The van der Waals surface area contributed by atoms with Gasteiger partial charge in [0.25, 0.3) is 0 Å². The van der Waals surface area contributed by atoms with Gasteiger partial charge in [0.05, 0.1) is 0 Å². The van der Waals surface area contributed by atoms with Crippen LogP contribution in [0.4, 0.5) is 13.2 Å². The fraction of sp³-hybridized carbons (Fsp3) is 0.500. The summed E-state index contributed by atoms with van der Waals surface area (Å²) in [6.07, 6.45) is 0. The third-order valence-electron chi connectivity index (χ3n) is 1.89. The Morgan fingerprint density at radius 3 is 2.29 bits per heavy atom. The van der Waals surface area contributed by atoms with Crippen LogP contribution >= 0.6 is 11.9 Å². The number of hydrogen-bond donors (Lipinski definition) is 0. The zero-order valence-corrected chi connectivity index (χ0v) is 11.2. The lowest BCUT2D eigenvalue weighted by Gasteiger charge is -2.25. The molecule has 0 unspecified atom stereocenters. The largest absolute Gasteiger partial charge is 0.249 e. The summed E-state index contributed by atoms with van der Waals surface area (Å²) in [6.45, 7) is 6.19. The SMILES string of the molecule is CN(Cc1cc(F)cc(F)c1F)SC(C)(C)C. The Hall–Kier alpha value is -0.680. The van der Waals surface area contributed by atoms with Crippen molar-refractivity contribution in [1.29, 1.82) is 0 Å². The summed E-state index contributed by atoms with van der Waals surface area (Å²) in [5, 5.41) is 0. The minimum atomic E-state index is -1.14. The molecule has 0 aliphatic rings. The number of hydrogen-bond acceptors (Lipinski definition) is 2. The Labute approximate surface area is 104 Å². The normalized spacial score (nSPS) is 12.2. The summed E-state index contributed by atoms with van der Waals surface area (Å²) in [7, 11) is 1.76. The topological polar surface area (TPSA) is 3.24 Å². The minimum absolute atomic E-state index is 0.0294. The molecule has 0 fully saturated rings. The molecule has 1 aromatic carbocycles. The van der Waals surface area contributed by atoms with E-state index in [4.69, 9.17) is 0 Å². The van der Waals surface area contributed by atoms with Crippen molar-refractivity contribution in [2.45, 2.75) is 32.1 Å². The van der Waals surface area contributed by atoms with Crippen LogP contribution in [-0.4, -0.2) is 16.1 Å². The zero-order valence-electron chi connectivity index (χ0n) is 10.4. The molecule has 5 heteroatoms. The van der Waals surface area contributed by atoms with Crippen molar-refractivity contribution >= 4 is 11.9 Å². The van der Waals surface area contributed by atoms with Crippen molar-refractivity contribution in [2.75, 3.05) is 7.05 Å². The van der Waals surface area contributed by atoms with Crippen LogP contribution in [0.2, 0.25) is 0 Å². The molecule has 1 nitrogen and oxygen atoms in total. The van der Waals surface area contributed by atoms with Crippen molar-refractivity contribution < 1.29 is 13.2 Å². The molecule has 0 heterocycles. The number of rotatable bonds is 3. The summed E-state index contributed by atoms with van der Waals surface area (Å²) in [6, 6.07) is 1.58. The van der Waals surface area contributed by atoms with Gasteiger partial charge in [-0.2, -0.15) is 0 Å². The van der Waals surface area contributed by atoms with Crippen LogP contribution < -0.4 is 0 Å². The minimum Gasteiger partial charge on any atom is -0.249 e. The molecule has 0 N–H and O–H groups in total. The third-order valence-corrected chi connectivity index (χ3v) is 2.88. The molecule has 0 aliphatic heterocycles. The van der Waals surface area contributed by atoms with E-state index < -0.39 is 17.5 Å². The number of nitrogens with zero attached hydrogens (tertiary/aromatic N) is 1. The second-order valence-electron chi connectivity index (χ2n) is 4.85. The Kier molecular flexibility index (Phi) is 4.49. The second kappa shape index (κ2) is 5.31. The lowest BCUT2D eigenvalue weighted by atomic mass is 10.2. The zero-order chi connectivity index (χ0) is 13.2. The van der Waals surface area contributed by atoms with Gasteiger partial charge >= 0.3 is 0 Å². The van der Waals surface area contributed by atoms with E-state index in [2.05, 4.69) is 0 Å². The molecule has 1 aromatic rings. The third kappa shape index (κ3) is 4.60. The molecule has 17 heavy (non-hydrogen) atoms. The average molecular weight is 263 g/mol. The lowest BCUT2D eigenvalue weighted by molar-refractivity contribution is 0.461. The molecule has 96 valence electrons. The van der Waals surface area contributed by atoms with Crippen LogP contribution in [0.15, 0.2) is 12.1 Å². The summed E-state index contributed by atoms with van der Waals surface area (Å²) >= 11 is 1.49. The molecule has 0 amide bonds. The van der Waals surface area contributed by atoms with Gasteiger partial charge in [-0.3, -0.25) is 0 Å². The van der Waals surface area contributed by atoms with Gasteiger partial charge in [0.15, 0.2) is 11.6 Å². The van der Waals surface area contributed by atoms with Crippen molar-refractivity contribution in [2.24, 2.45) is 0 Å². The molecule has 1 rings (SSSR count). The monoisotopic (exact) mass is 263 g/mol. The van der Waals surface area contributed by atoms with Crippen LogP contribution in [0.1, 0.15) is 26.3 Å². The molecule has 0 saturated carbocycles. The van der Waals surface area contributed by atoms with Crippen molar-refractivity contribution in [3.63, 3.8) is 0 Å². The Bertz CT molecular complexity index is 401. The van der Waals surface area contributed by atoms with Gasteiger partial charge in [-0.15, -0.1) is 0 Å². The predicted octanol–water partition coefficient (Wildman–Crippen LogP) is 3.98. The number of halogens is 3. The van der Waals surface area contributed by atoms with E-state index in [0.29, 0.717) is 6.07 Å². The summed E-state index contributed by atoms with van der Waals surface area (Å²) in [5.74, 6) is -2.88. The van der Waals surface area contributed by atoms with Gasteiger partial charge in [-0.1, -0.05) is 11.9 Å². The quantitative estimate of drug-likeness (QED) is 0.599. The van der Waals surface area contributed by atoms with E-state index in [-0.39, 0.29) is 16.9 Å². The first-order chi connectivity index (χ1) is 7.69. The van der Waals surface area contributed by atoms with Gasteiger partial charge in [0, 0.05) is 22.9 Å². The van der Waals surface area contributed by atoms with E-state index in [1.165, 1.54) is 11.9 Å². The van der Waals surface area contributed by atoms with E-state index in [0.717, 1.165) is 6.07 Å². The van der Waals surface area contributed by atoms with Gasteiger partial charge in [-0.05, 0) is 33.9 Å². The maximum Gasteiger partial charge on any atom is 0.163 e. The van der Waals surface area contributed by atoms with Gasteiger partial charge in [0.1, 0.15) is 5.82 Å². The summed E-state index contributed by atoms with van der Waals surface area (Å²) in [5.41, 5.74) is 0.0294. The highest BCUT2D eigenvalue weighted by atomic mass is 32.2. The first kappa shape index (κ1) is 14.4. The van der Waals surface area contributed by atoms with E-state index in [1.807, 2.05) is 20.8 Å². The maximum absolute atomic E-state index is 13.4. The Morgan fingerprint density at radius 2 is 1.76 bits per heavy atom. The maximum atomic E-state index is 13.4. The molecule has 0 bridgehead atoms. The molecular weight excluding hydrogens is 247 g/mol. The fourth-order valence-electron chi connectivity index (χ4n) is 1.46. The molecule has 0 radical (unpaired) electrons. The van der Waals surface area contributed by atoms with Crippen molar-refractivity contribution in [1.82, 2.24) is 4.31 Å².